The van der Waals surface area contributed by atoms with E-state index in [-0.39, 0.29) is 29.8 Å². The lowest BCUT2D eigenvalue weighted by Crippen LogP contribution is -2.37. The van der Waals surface area contributed by atoms with Gasteiger partial charge in [-0.3, -0.25) is 0 Å². The number of halogens is 2. The van der Waals surface area contributed by atoms with Crippen LogP contribution in [0.15, 0.2) is 33.8 Å². The second-order valence-electron chi connectivity index (χ2n) is 6.37. The number of nitrogens with one attached hydrogen (secondary N) is 2. The first-order valence-electron chi connectivity index (χ1n) is 10.0. The van der Waals surface area contributed by atoms with Crippen LogP contribution < -0.4 is 15.4 Å². The van der Waals surface area contributed by atoms with E-state index in [0.29, 0.717) is 18.9 Å². The third-order valence-corrected chi connectivity index (χ3v) is 4.29. The standard InChI is InChI=1S/C21H31FN4O2.HI/c1-4-19-18(20(5-2)28-26-19)15-25-21(23-6-3)24-13-7-8-14-27-17-11-9-16(22)10-12-17;/h9-12H,4-8,13-15H2,1-3H3,(H2,23,24,25);1H. The molecule has 2 rings (SSSR count). The lowest BCUT2D eigenvalue weighted by Gasteiger charge is -2.11. The van der Waals surface area contributed by atoms with E-state index in [1.807, 2.05) is 6.92 Å². The Balaban J connectivity index is 0.00000420. The van der Waals surface area contributed by atoms with Gasteiger partial charge in [0.1, 0.15) is 17.3 Å². The molecule has 0 aliphatic heterocycles. The van der Waals surface area contributed by atoms with E-state index in [2.05, 4.69) is 34.6 Å². The molecule has 29 heavy (non-hydrogen) atoms. The van der Waals surface area contributed by atoms with Crippen LogP contribution >= 0.6 is 24.0 Å². The van der Waals surface area contributed by atoms with Gasteiger partial charge in [-0.25, -0.2) is 9.38 Å². The molecular formula is C21H32FIN4O2. The van der Waals surface area contributed by atoms with Crippen LogP contribution in [0.4, 0.5) is 4.39 Å². The first kappa shape index (κ1) is 25.2. The number of nitrogens with zero attached hydrogens (tertiary/aromatic N) is 2. The molecule has 0 radical (unpaired) electrons. The number of hydrogen-bond donors (Lipinski definition) is 2. The van der Waals surface area contributed by atoms with Gasteiger partial charge >= 0.3 is 0 Å². The molecule has 0 saturated carbocycles. The van der Waals surface area contributed by atoms with E-state index in [1.54, 1.807) is 12.1 Å². The molecule has 6 nitrogen and oxygen atoms in total. The normalized spacial score (nSPS) is 11.1. The molecule has 0 aliphatic carbocycles. The summed E-state index contributed by atoms with van der Waals surface area (Å²) in [5.41, 5.74) is 2.07. The van der Waals surface area contributed by atoms with E-state index in [1.165, 1.54) is 12.1 Å². The highest BCUT2D eigenvalue weighted by molar-refractivity contribution is 14.0. The molecule has 0 atom stereocenters. The molecule has 0 unspecified atom stereocenters. The van der Waals surface area contributed by atoms with Crippen molar-refractivity contribution < 1.29 is 13.7 Å². The highest BCUT2D eigenvalue weighted by Gasteiger charge is 2.13. The maximum absolute atomic E-state index is 12.9. The van der Waals surface area contributed by atoms with Gasteiger partial charge in [0.2, 0.25) is 0 Å². The summed E-state index contributed by atoms with van der Waals surface area (Å²) in [6.45, 7) is 8.92. The molecule has 1 aromatic carbocycles. The van der Waals surface area contributed by atoms with Gasteiger partial charge in [-0.2, -0.15) is 0 Å². The summed E-state index contributed by atoms with van der Waals surface area (Å²) >= 11 is 0. The van der Waals surface area contributed by atoms with Gasteiger partial charge < -0.3 is 19.9 Å². The molecule has 0 saturated heterocycles. The van der Waals surface area contributed by atoms with Crippen LogP contribution in [0.1, 0.15) is 50.6 Å². The first-order valence-corrected chi connectivity index (χ1v) is 10.0. The van der Waals surface area contributed by atoms with Gasteiger partial charge in [-0.05, 0) is 50.5 Å². The fourth-order valence-corrected chi connectivity index (χ4v) is 2.77. The van der Waals surface area contributed by atoms with Gasteiger partial charge in [0, 0.05) is 25.1 Å². The van der Waals surface area contributed by atoms with Gasteiger partial charge in [0.15, 0.2) is 5.96 Å². The van der Waals surface area contributed by atoms with E-state index in [9.17, 15) is 4.39 Å². The fraction of sp³-hybridized carbons (Fsp3) is 0.524. The average molecular weight is 518 g/mol. The minimum atomic E-state index is -0.255. The summed E-state index contributed by atoms with van der Waals surface area (Å²) in [5.74, 6) is 2.13. The number of aliphatic imine (C=N–C) groups is 1. The Kier molecular flexibility index (Phi) is 12.3. The summed E-state index contributed by atoms with van der Waals surface area (Å²) in [7, 11) is 0. The number of hydrogen-bond acceptors (Lipinski definition) is 4. The van der Waals surface area contributed by atoms with Crippen molar-refractivity contribution in [2.75, 3.05) is 19.7 Å². The molecule has 162 valence electrons. The molecular weight excluding hydrogens is 486 g/mol. The minimum absolute atomic E-state index is 0. The van der Waals surface area contributed by atoms with Crippen LogP contribution in [-0.2, 0) is 19.4 Å². The maximum atomic E-state index is 12.9. The summed E-state index contributed by atoms with van der Waals surface area (Å²) in [6.07, 6.45) is 3.50. The number of ether oxygens (including phenoxy) is 1. The van der Waals surface area contributed by atoms with E-state index in [4.69, 9.17) is 9.26 Å². The Morgan fingerprint density at radius 3 is 2.52 bits per heavy atom. The molecule has 2 aromatic rings. The number of unbranched alkanes of at least 4 members (excludes halogenated alkanes) is 1. The van der Waals surface area contributed by atoms with Crippen LogP contribution in [0.25, 0.3) is 0 Å². The lowest BCUT2D eigenvalue weighted by molar-refractivity contribution is 0.306. The van der Waals surface area contributed by atoms with Crippen molar-refractivity contribution in [2.45, 2.75) is 53.0 Å². The largest absolute Gasteiger partial charge is 0.494 e. The van der Waals surface area contributed by atoms with Gasteiger partial charge in [-0.1, -0.05) is 19.0 Å². The third-order valence-electron chi connectivity index (χ3n) is 4.29. The molecule has 2 N–H and O–H groups in total. The molecule has 0 amide bonds. The zero-order valence-corrected chi connectivity index (χ0v) is 19.8. The van der Waals surface area contributed by atoms with Crippen molar-refractivity contribution in [3.05, 3.63) is 47.1 Å². The fourth-order valence-electron chi connectivity index (χ4n) is 2.77. The van der Waals surface area contributed by atoms with E-state index < -0.39 is 0 Å². The summed E-state index contributed by atoms with van der Waals surface area (Å²) in [4.78, 5) is 4.67. The Morgan fingerprint density at radius 2 is 1.86 bits per heavy atom. The summed E-state index contributed by atoms with van der Waals surface area (Å²) in [5, 5.41) is 10.7. The zero-order chi connectivity index (χ0) is 20.2. The molecule has 0 bridgehead atoms. The van der Waals surface area contributed by atoms with Crippen molar-refractivity contribution >= 4 is 29.9 Å². The number of rotatable bonds is 11. The second-order valence-corrected chi connectivity index (χ2v) is 6.37. The monoisotopic (exact) mass is 518 g/mol. The second kappa shape index (κ2) is 14.2. The van der Waals surface area contributed by atoms with Crippen LogP contribution in [0.2, 0.25) is 0 Å². The average Bonchev–Trinajstić information content (AvgIpc) is 3.12. The molecule has 0 aliphatic rings. The Morgan fingerprint density at radius 1 is 1.10 bits per heavy atom. The predicted octanol–water partition coefficient (Wildman–Crippen LogP) is 4.47. The SMILES string of the molecule is CCNC(=NCc1c(CC)noc1CC)NCCCCOc1ccc(F)cc1.I. The van der Waals surface area contributed by atoms with Crippen LogP contribution in [0.3, 0.4) is 0 Å². The number of aromatic nitrogens is 1. The molecule has 8 heteroatoms. The minimum Gasteiger partial charge on any atom is -0.494 e. The van der Waals surface area contributed by atoms with Gasteiger partial charge in [0.25, 0.3) is 0 Å². The molecule has 0 fully saturated rings. The smallest absolute Gasteiger partial charge is 0.191 e. The van der Waals surface area contributed by atoms with Gasteiger partial charge in [-0.15, -0.1) is 24.0 Å². The Hall–Kier alpha value is -1.84. The quantitative estimate of drug-likeness (QED) is 0.199. The Bertz CT molecular complexity index is 713. The van der Waals surface area contributed by atoms with Crippen LogP contribution in [-0.4, -0.2) is 30.8 Å². The summed E-state index contributed by atoms with van der Waals surface area (Å²) in [6, 6.07) is 6.09. The summed E-state index contributed by atoms with van der Waals surface area (Å²) < 4.78 is 23.9. The zero-order valence-electron chi connectivity index (χ0n) is 17.5. The molecule has 0 spiro atoms. The van der Waals surface area contributed by atoms with E-state index in [0.717, 1.165) is 61.7 Å². The molecule has 1 aromatic heterocycles. The van der Waals surface area contributed by atoms with Crippen LogP contribution in [0, 0.1) is 5.82 Å². The van der Waals surface area contributed by atoms with Crippen LogP contribution in [0.5, 0.6) is 5.75 Å². The highest BCUT2D eigenvalue weighted by atomic mass is 127. The predicted molar refractivity (Wildman–Crippen MR) is 125 cm³/mol. The highest BCUT2D eigenvalue weighted by Crippen LogP contribution is 2.16. The van der Waals surface area contributed by atoms with Gasteiger partial charge in [0.05, 0.1) is 18.8 Å². The Labute approximate surface area is 189 Å². The first-order chi connectivity index (χ1) is 13.7. The van der Waals surface area contributed by atoms with Crippen molar-refractivity contribution in [3.8, 4) is 5.75 Å². The van der Waals surface area contributed by atoms with E-state index >= 15 is 0 Å². The lowest BCUT2D eigenvalue weighted by atomic mass is 10.1. The topological polar surface area (TPSA) is 71.7 Å². The van der Waals surface area contributed by atoms with Crippen molar-refractivity contribution in [2.24, 2.45) is 4.99 Å². The van der Waals surface area contributed by atoms with Crippen molar-refractivity contribution in [3.63, 3.8) is 0 Å². The van der Waals surface area contributed by atoms with Crippen molar-refractivity contribution in [1.29, 1.82) is 0 Å². The van der Waals surface area contributed by atoms with Crippen molar-refractivity contribution in [1.82, 2.24) is 15.8 Å². The number of guanidine groups is 1. The molecule has 1 heterocycles. The third kappa shape index (κ3) is 8.59. The number of benzene rings is 1. The maximum Gasteiger partial charge on any atom is 0.191 e. The number of aryl methyl sites for hydroxylation is 2.